The first-order valence-corrected chi connectivity index (χ1v) is 8.67. The zero-order valence-electron chi connectivity index (χ0n) is 14.0. The molecule has 0 aliphatic heterocycles. The summed E-state index contributed by atoms with van der Waals surface area (Å²) in [6.45, 7) is 3.71. The fourth-order valence-electron chi connectivity index (χ4n) is 2.23. The topological polar surface area (TPSA) is 92.9 Å². The number of hydrogen-bond acceptors (Lipinski definition) is 6. The van der Waals surface area contributed by atoms with Crippen LogP contribution in [0.15, 0.2) is 48.7 Å². The first-order valence-electron chi connectivity index (χ1n) is 7.85. The van der Waals surface area contributed by atoms with Crippen LogP contribution in [0.3, 0.4) is 0 Å². The van der Waals surface area contributed by atoms with Gasteiger partial charge in [0.05, 0.1) is 17.9 Å². The van der Waals surface area contributed by atoms with Crippen molar-refractivity contribution in [1.29, 1.82) is 0 Å². The van der Waals surface area contributed by atoms with Crippen molar-refractivity contribution in [1.82, 2.24) is 9.97 Å². The van der Waals surface area contributed by atoms with Crippen LogP contribution in [-0.4, -0.2) is 15.9 Å². The van der Waals surface area contributed by atoms with Gasteiger partial charge in [-0.05, 0) is 38.1 Å². The molecule has 128 valence electrons. The van der Waals surface area contributed by atoms with E-state index in [0.29, 0.717) is 11.5 Å². The summed E-state index contributed by atoms with van der Waals surface area (Å²) in [4.78, 5) is 21.8. The number of nitrogens with zero attached hydrogens (tertiary/aromatic N) is 2. The number of aromatic nitrogens is 2. The van der Waals surface area contributed by atoms with Gasteiger partial charge < -0.3 is 16.4 Å². The van der Waals surface area contributed by atoms with Gasteiger partial charge in [0, 0.05) is 10.6 Å². The maximum absolute atomic E-state index is 12.4. The molecule has 0 saturated carbocycles. The van der Waals surface area contributed by atoms with E-state index in [1.807, 2.05) is 50.2 Å². The number of nitrogens with two attached hydrogens (primary N) is 1. The van der Waals surface area contributed by atoms with Crippen LogP contribution in [-0.2, 0) is 0 Å². The average molecular weight is 353 g/mol. The van der Waals surface area contributed by atoms with E-state index in [-0.39, 0.29) is 11.9 Å². The van der Waals surface area contributed by atoms with Gasteiger partial charge in [-0.1, -0.05) is 18.2 Å². The van der Waals surface area contributed by atoms with Gasteiger partial charge in [0.15, 0.2) is 0 Å². The lowest BCUT2D eigenvalue weighted by atomic mass is 10.3. The molecule has 0 aliphatic carbocycles. The standard InChI is InChI=1S/C18H19N5OS/c1-11(19)18-23-16(12(2)25-18)17(24)22-15-9-8-14(10-20-15)21-13-6-4-3-5-7-13/h3-11,21H,19H2,1-2H3,(H,20,22,24). The van der Waals surface area contributed by atoms with Gasteiger partial charge in [-0.15, -0.1) is 11.3 Å². The number of carbonyl (C=O) groups is 1. The Morgan fingerprint density at radius 2 is 1.92 bits per heavy atom. The second-order valence-corrected chi connectivity index (χ2v) is 6.86. The van der Waals surface area contributed by atoms with Crippen molar-refractivity contribution >= 4 is 34.4 Å². The van der Waals surface area contributed by atoms with Crippen molar-refractivity contribution in [3.8, 4) is 0 Å². The van der Waals surface area contributed by atoms with Crippen molar-refractivity contribution in [3.05, 3.63) is 64.2 Å². The van der Waals surface area contributed by atoms with E-state index in [9.17, 15) is 4.79 Å². The first kappa shape index (κ1) is 17.1. The fourth-order valence-corrected chi connectivity index (χ4v) is 3.10. The van der Waals surface area contributed by atoms with Crippen molar-refractivity contribution in [2.24, 2.45) is 5.73 Å². The molecule has 0 radical (unpaired) electrons. The number of anilines is 3. The summed E-state index contributed by atoms with van der Waals surface area (Å²) in [6, 6.07) is 13.2. The van der Waals surface area contributed by atoms with E-state index in [4.69, 9.17) is 5.73 Å². The van der Waals surface area contributed by atoms with Gasteiger partial charge in [0.1, 0.15) is 16.5 Å². The monoisotopic (exact) mass is 353 g/mol. The molecule has 1 atom stereocenters. The van der Waals surface area contributed by atoms with Crippen LogP contribution < -0.4 is 16.4 Å². The van der Waals surface area contributed by atoms with Crippen LogP contribution in [0.1, 0.15) is 33.3 Å². The molecule has 1 amide bonds. The van der Waals surface area contributed by atoms with Crippen molar-refractivity contribution in [3.63, 3.8) is 0 Å². The van der Waals surface area contributed by atoms with Crippen LogP contribution in [0.2, 0.25) is 0 Å². The van der Waals surface area contributed by atoms with E-state index < -0.39 is 0 Å². The Kier molecular flexibility index (Phi) is 5.06. The second kappa shape index (κ2) is 7.42. The van der Waals surface area contributed by atoms with Crippen molar-refractivity contribution < 1.29 is 4.79 Å². The first-order chi connectivity index (χ1) is 12.0. The molecule has 2 aromatic heterocycles. The molecule has 25 heavy (non-hydrogen) atoms. The number of para-hydroxylation sites is 1. The van der Waals surface area contributed by atoms with E-state index in [0.717, 1.165) is 21.3 Å². The number of rotatable bonds is 5. The SMILES string of the molecule is Cc1sc(C(C)N)nc1C(=O)Nc1ccc(Nc2ccccc2)cn1. The molecule has 0 bridgehead atoms. The van der Waals surface area contributed by atoms with Crippen LogP contribution in [0.5, 0.6) is 0 Å². The normalized spacial score (nSPS) is 11.8. The maximum atomic E-state index is 12.4. The molecule has 4 N–H and O–H groups in total. The molecular formula is C18H19N5OS. The quantitative estimate of drug-likeness (QED) is 0.647. The van der Waals surface area contributed by atoms with Crippen molar-refractivity contribution in [2.75, 3.05) is 10.6 Å². The maximum Gasteiger partial charge on any atom is 0.276 e. The molecule has 0 saturated heterocycles. The Morgan fingerprint density at radius 3 is 2.52 bits per heavy atom. The molecule has 1 unspecified atom stereocenters. The predicted octanol–water partition coefficient (Wildman–Crippen LogP) is 3.86. The van der Waals surface area contributed by atoms with Gasteiger partial charge in [-0.2, -0.15) is 0 Å². The smallest absolute Gasteiger partial charge is 0.276 e. The number of aryl methyl sites for hydroxylation is 1. The molecule has 0 spiro atoms. The molecule has 2 heterocycles. The van der Waals surface area contributed by atoms with Gasteiger partial charge in [-0.3, -0.25) is 4.79 Å². The molecule has 3 aromatic rings. The minimum absolute atomic E-state index is 0.188. The number of thiazole rings is 1. The summed E-state index contributed by atoms with van der Waals surface area (Å²) < 4.78 is 0. The van der Waals surface area contributed by atoms with Gasteiger partial charge in [-0.25, -0.2) is 9.97 Å². The number of hydrogen-bond donors (Lipinski definition) is 3. The third-order valence-corrected chi connectivity index (χ3v) is 4.66. The van der Waals surface area contributed by atoms with Crippen LogP contribution in [0.25, 0.3) is 0 Å². The van der Waals surface area contributed by atoms with Crippen molar-refractivity contribution in [2.45, 2.75) is 19.9 Å². The Bertz CT molecular complexity index is 859. The lowest BCUT2D eigenvalue weighted by Crippen LogP contribution is -2.15. The van der Waals surface area contributed by atoms with Crippen LogP contribution in [0.4, 0.5) is 17.2 Å². The number of amides is 1. The van der Waals surface area contributed by atoms with Crippen LogP contribution >= 0.6 is 11.3 Å². The highest BCUT2D eigenvalue weighted by molar-refractivity contribution is 7.12. The average Bonchev–Trinajstić information content (AvgIpc) is 3.00. The summed E-state index contributed by atoms with van der Waals surface area (Å²) in [7, 11) is 0. The second-order valence-electron chi connectivity index (χ2n) is 5.62. The third kappa shape index (κ3) is 4.20. The van der Waals surface area contributed by atoms with E-state index in [2.05, 4.69) is 20.6 Å². The van der Waals surface area contributed by atoms with Gasteiger partial charge in [0.25, 0.3) is 5.91 Å². The summed E-state index contributed by atoms with van der Waals surface area (Å²) >= 11 is 1.44. The lowest BCUT2D eigenvalue weighted by Gasteiger charge is -2.07. The molecule has 6 nitrogen and oxygen atoms in total. The van der Waals surface area contributed by atoms with Crippen LogP contribution in [0, 0.1) is 6.92 Å². The number of nitrogens with one attached hydrogen (secondary N) is 2. The third-order valence-electron chi connectivity index (χ3n) is 3.49. The molecular weight excluding hydrogens is 334 g/mol. The Morgan fingerprint density at radius 1 is 1.16 bits per heavy atom. The predicted molar refractivity (Wildman–Crippen MR) is 101 cm³/mol. The highest BCUT2D eigenvalue weighted by Crippen LogP contribution is 2.23. The Labute approximate surface area is 150 Å². The zero-order chi connectivity index (χ0) is 17.8. The van der Waals surface area contributed by atoms with Gasteiger partial charge in [0.2, 0.25) is 0 Å². The summed E-state index contributed by atoms with van der Waals surface area (Å²) in [5.74, 6) is 0.190. The largest absolute Gasteiger partial charge is 0.354 e. The summed E-state index contributed by atoms with van der Waals surface area (Å²) in [5, 5.41) is 6.76. The Balaban J connectivity index is 1.68. The molecule has 1 aromatic carbocycles. The molecule has 7 heteroatoms. The molecule has 3 rings (SSSR count). The number of carbonyl (C=O) groups excluding carboxylic acids is 1. The van der Waals surface area contributed by atoms with E-state index >= 15 is 0 Å². The van der Waals surface area contributed by atoms with E-state index in [1.165, 1.54) is 11.3 Å². The number of pyridine rings is 1. The minimum Gasteiger partial charge on any atom is -0.354 e. The fraction of sp³-hybridized carbons (Fsp3) is 0.167. The summed E-state index contributed by atoms with van der Waals surface area (Å²) in [5.41, 5.74) is 8.04. The summed E-state index contributed by atoms with van der Waals surface area (Å²) in [6.07, 6.45) is 1.67. The molecule has 0 fully saturated rings. The van der Waals surface area contributed by atoms with E-state index in [1.54, 1.807) is 12.3 Å². The highest BCUT2D eigenvalue weighted by atomic mass is 32.1. The lowest BCUT2D eigenvalue weighted by molar-refractivity contribution is 0.102. The van der Waals surface area contributed by atoms with Gasteiger partial charge >= 0.3 is 0 Å². The molecule has 0 aliphatic rings. The number of benzene rings is 1. The zero-order valence-corrected chi connectivity index (χ0v) is 14.8. The minimum atomic E-state index is -0.281. The highest BCUT2D eigenvalue weighted by Gasteiger charge is 2.17. The Hall–Kier alpha value is -2.77.